The molecule has 17 heavy (non-hydrogen) atoms. The van der Waals surface area contributed by atoms with E-state index in [4.69, 9.17) is 9.47 Å². The Bertz CT molecular complexity index is 161. The van der Waals surface area contributed by atoms with Crippen LogP contribution in [0.15, 0.2) is 0 Å². The van der Waals surface area contributed by atoms with Crippen LogP contribution < -0.4 is 0 Å². The third kappa shape index (κ3) is 4.59. The van der Waals surface area contributed by atoms with Crippen LogP contribution in [0.1, 0.15) is 73.6 Å². The van der Waals surface area contributed by atoms with Gasteiger partial charge in [-0.15, -0.1) is 0 Å². The molecule has 0 aliphatic carbocycles. The lowest BCUT2D eigenvalue weighted by Crippen LogP contribution is -2.44. The minimum absolute atomic E-state index is 0.00403. The summed E-state index contributed by atoms with van der Waals surface area (Å²) in [5.41, 5.74) is -0.00806. The molecule has 0 aromatic carbocycles. The van der Waals surface area contributed by atoms with E-state index in [2.05, 4.69) is 41.5 Å². The summed E-state index contributed by atoms with van der Waals surface area (Å²) >= 11 is 0. The first-order valence-electron chi connectivity index (χ1n) is 7.35. The molecule has 2 nitrogen and oxygen atoms in total. The Morgan fingerprint density at radius 1 is 0.588 bits per heavy atom. The third-order valence-corrected chi connectivity index (χ3v) is 4.12. The van der Waals surface area contributed by atoms with Gasteiger partial charge in [-0.25, -0.2) is 0 Å². The van der Waals surface area contributed by atoms with Crippen molar-refractivity contribution in [3.05, 3.63) is 0 Å². The lowest BCUT2D eigenvalue weighted by Gasteiger charge is -2.42. The summed E-state index contributed by atoms with van der Waals surface area (Å²) in [6.45, 7) is 14.6. The van der Waals surface area contributed by atoms with Crippen LogP contribution in [0.2, 0.25) is 0 Å². The zero-order chi connectivity index (χ0) is 13.4. The van der Waals surface area contributed by atoms with Crippen molar-refractivity contribution in [2.45, 2.75) is 84.8 Å². The van der Waals surface area contributed by atoms with Gasteiger partial charge in [0.25, 0.3) is 0 Å². The molecule has 0 aliphatic heterocycles. The average Bonchev–Trinajstić information content (AvgIpc) is 2.37. The van der Waals surface area contributed by atoms with Crippen LogP contribution in [0, 0.1) is 0 Å². The molecule has 0 aromatic rings. The molecule has 0 atom stereocenters. The Labute approximate surface area is 108 Å². The van der Waals surface area contributed by atoms with Crippen molar-refractivity contribution in [1.82, 2.24) is 0 Å². The Morgan fingerprint density at radius 2 is 0.882 bits per heavy atom. The average molecular weight is 244 g/mol. The van der Waals surface area contributed by atoms with E-state index in [0.29, 0.717) is 0 Å². The van der Waals surface area contributed by atoms with Gasteiger partial charge in [-0.3, -0.25) is 0 Å². The lowest BCUT2D eigenvalue weighted by atomic mass is 9.80. The van der Waals surface area contributed by atoms with Gasteiger partial charge in [-0.2, -0.15) is 0 Å². The fraction of sp³-hybridized carbons (Fsp3) is 1.00. The fourth-order valence-electron chi connectivity index (χ4n) is 2.71. The van der Waals surface area contributed by atoms with E-state index < -0.39 is 0 Å². The molecule has 0 N–H and O–H groups in total. The van der Waals surface area contributed by atoms with Crippen LogP contribution in [-0.2, 0) is 9.47 Å². The maximum atomic E-state index is 6.05. The quantitative estimate of drug-likeness (QED) is 0.560. The molecule has 0 spiro atoms. The van der Waals surface area contributed by atoms with E-state index >= 15 is 0 Å². The second-order valence-electron chi connectivity index (χ2n) is 4.82. The fourth-order valence-corrected chi connectivity index (χ4v) is 2.71. The predicted octanol–water partition coefficient (Wildman–Crippen LogP) is 4.57. The predicted molar refractivity (Wildman–Crippen MR) is 74.5 cm³/mol. The molecular weight excluding hydrogens is 212 g/mol. The van der Waals surface area contributed by atoms with E-state index in [1.807, 2.05) is 0 Å². The summed E-state index contributed by atoms with van der Waals surface area (Å²) in [7, 11) is 0. The van der Waals surface area contributed by atoms with E-state index in [1.54, 1.807) is 0 Å². The summed E-state index contributed by atoms with van der Waals surface area (Å²) in [5, 5.41) is 0. The van der Waals surface area contributed by atoms with Crippen molar-refractivity contribution in [3.63, 3.8) is 0 Å². The highest BCUT2D eigenvalue weighted by Crippen LogP contribution is 2.36. The number of hydrogen-bond acceptors (Lipinski definition) is 2. The van der Waals surface area contributed by atoms with Crippen molar-refractivity contribution in [3.8, 4) is 0 Å². The van der Waals surface area contributed by atoms with Crippen LogP contribution >= 0.6 is 0 Å². The number of ether oxygens (including phenoxy) is 2. The Hall–Kier alpha value is -0.0800. The summed E-state index contributed by atoms with van der Waals surface area (Å²) in [6, 6.07) is 0. The molecular formula is C15H32O2. The highest BCUT2D eigenvalue weighted by atomic mass is 16.5. The van der Waals surface area contributed by atoms with Crippen LogP contribution in [0.4, 0.5) is 0 Å². The molecule has 0 saturated heterocycles. The summed E-state index contributed by atoms with van der Waals surface area (Å²) < 4.78 is 12.1. The van der Waals surface area contributed by atoms with Gasteiger partial charge in [0.1, 0.15) is 0 Å². The van der Waals surface area contributed by atoms with E-state index in [1.165, 1.54) is 0 Å². The smallest absolute Gasteiger partial charge is 0.0704 e. The largest absolute Gasteiger partial charge is 0.375 e. The van der Waals surface area contributed by atoms with Crippen LogP contribution in [0.25, 0.3) is 0 Å². The number of rotatable bonds is 10. The lowest BCUT2D eigenvalue weighted by molar-refractivity contribution is -0.132. The number of hydrogen-bond donors (Lipinski definition) is 0. The maximum Gasteiger partial charge on any atom is 0.0704 e. The minimum atomic E-state index is -0.00403. The molecule has 104 valence electrons. The second kappa shape index (κ2) is 8.10. The first-order valence-corrected chi connectivity index (χ1v) is 7.35. The monoisotopic (exact) mass is 244 g/mol. The molecule has 0 heterocycles. The van der Waals surface area contributed by atoms with Crippen molar-refractivity contribution >= 4 is 0 Å². The molecule has 0 aliphatic rings. The van der Waals surface area contributed by atoms with Gasteiger partial charge in [-0.1, -0.05) is 27.7 Å². The molecule has 0 aromatic heterocycles. The first kappa shape index (κ1) is 16.9. The molecule has 0 unspecified atom stereocenters. The minimum Gasteiger partial charge on any atom is -0.375 e. The molecule has 2 heteroatoms. The van der Waals surface area contributed by atoms with Crippen molar-refractivity contribution in [1.29, 1.82) is 0 Å². The molecule has 0 saturated carbocycles. The molecule has 0 amide bonds. The standard InChI is InChI=1S/C15H32O2/c1-7-14(8-2,16-11-5)13-15(9-3,10-4)17-12-6/h7-13H2,1-6H3. The first-order chi connectivity index (χ1) is 8.07. The second-order valence-corrected chi connectivity index (χ2v) is 4.82. The molecule has 0 rings (SSSR count). The van der Waals surface area contributed by atoms with Crippen molar-refractivity contribution < 1.29 is 9.47 Å². The zero-order valence-electron chi connectivity index (χ0n) is 12.8. The molecule has 0 fully saturated rings. The van der Waals surface area contributed by atoms with Gasteiger partial charge in [0.2, 0.25) is 0 Å². The topological polar surface area (TPSA) is 18.5 Å². The van der Waals surface area contributed by atoms with Crippen LogP contribution in [0.5, 0.6) is 0 Å². The van der Waals surface area contributed by atoms with Gasteiger partial charge < -0.3 is 9.47 Å². The Balaban J connectivity index is 4.89. The summed E-state index contributed by atoms with van der Waals surface area (Å²) in [6.07, 6.45) is 5.26. The zero-order valence-corrected chi connectivity index (χ0v) is 12.8. The highest BCUT2D eigenvalue weighted by Gasteiger charge is 2.38. The van der Waals surface area contributed by atoms with Gasteiger partial charge in [0.05, 0.1) is 11.2 Å². The van der Waals surface area contributed by atoms with E-state index in [0.717, 1.165) is 45.3 Å². The molecule has 0 bridgehead atoms. The van der Waals surface area contributed by atoms with Crippen molar-refractivity contribution in [2.75, 3.05) is 13.2 Å². The Kier molecular flexibility index (Phi) is 8.06. The summed E-state index contributed by atoms with van der Waals surface area (Å²) in [4.78, 5) is 0. The molecule has 0 radical (unpaired) electrons. The van der Waals surface area contributed by atoms with E-state index in [-0.39, 0.29) is 11.2 Å². The maximum absolute atomic E-state index is 6.05. The van der Waals surface area contributed by atoms with Crippen molar-refractivity contribution in [2.24, 2.45) is 0 Å². The summed E-state index contributed by atoms with van der Waals surface area (Å²) in [5.74, 6) is 0. The normalized spacial score (nSPS) is 13.1. The van der Waals surface area contributed by atoms with Gasteiger partial charge in [0, 0.05) is 19.6 Å². The van der Waals surface area contributed by atoms with Gasteiger partial charge in [-0.05, 0) is 39.5 Å². The Morgan fingerprint density at radius 3 is 1.06 bits per heavy atom. The highest BCUT2D eigenvalue weighted by molar-refractivity contribution is 4.90. The van der Waals surface area contributed by atoms with E-state index in [9.17, 15) is 0 Å². The van der Waals surface area contributed by atoms with Gasteiger partial charge in [0.15, 0.2) is 0 Å². The van der Waals surface area contributed by atoms with Crippen LogP contribution in [-0.4, -0.2) is 24.4 Å². The third-order valence-electron chi connectivity index (χ3n) is 4.12. The van der Waals surface area contributed by atoms with Gasteiger partial charge >= 0.3 is 0 Å². The SMILES string of the molecule is CCOC(CC)(CC)CC(CC)(CC)OCC. The van der Waals surface area contributed by atoms with Crippen LogP contribution in [0.3, 0.4) is 0 Å².